The number of sulfonamides is 1. The van der Waals surface area contributed by atoms with Crippen LogP contribution in [0.1, 0.15) is 26.2 Å². The van der Waals surface area contributed by atoms with Crippen LogP contribution in [0.2, 0.25) is 0 Å². The molecule has 0 bridgehead atoms. The van der Waals surface area contributed by atoms with Gasteiger partial charge < -0.3 is 15.0 Å². The molecule has 2 N–H and O–H groups in total. The SMILES string of the molecule is CCCOc1ccc(S(=O)(=O)NCC2CCN(C(=O)Nc3ccc(F)cc3)CC2)cc1. The summed E-state index contributed by atoms with van der Waals surface area (Å²) < 4.78 is 46.2. The van der Waals surface area contributed by atoms with Crippen LogP contribution in [0.4, 0.5) is 14.9 Å². The Morgan fingerprint density at radius 1 is 1.10 bits per heavy atom. The highest BCUT2D eigenvalue weighted by Gasteiger charge is 2.24. The highest BCUT2D eigenvalue weighted by Crippen LogP contribution is 2.20. The summed E-state index contributed by atoms with van der Waals surface area (Å²) in [6.07, 6.45) is 2.28. The second-order valence-electron chi connectivity index (χ2n) is 7.54. The van der Waals surface area contributed by atoms with Crippen LogP contribution in [0.3, 0.4) is 0 Å². The predicted molar refractivity (Wildman–Crippen MR) is 117 cm³/mol. The van der Waals surface area contributed by atoms with Crippen LogP contribution < -0.4 is 14.8 Å². The molecule has 3 rings (SSSR count). The number of rotatable bonds is 8. The summed E-state index contributed by atoms with van der Waals surface area (Å²) >= 11 is 0. The number of likely N-dealkylation sites (tertiary alicyclic amines) is 1. The fourth-order valence-electron chi connectivity index (χ4n) is 3.32. The zero-order valence-corrected chi connectivity index (χ0v) is 18.3. The van der Waals surface area contributed by atoms with E-state index in [1.165, 1.54) is 36.4 Å². The number of hydrogen-bond donors (Lipinski definition) is 2. The topological polar surface area (TPSA) is 87.7 Å². The maximum Gasteiger partial charge on any atom is 0.321 e. The summed E-state index contributed by atoms with van der Waals surface area (Å²) in [5, 5.41) is 2.75. The normalized spacial score (nSPS) is 15.0. The van der Waals surface area contributed by atoms with Gasteiger partial charge in [-0.15, -0.1) is 0 Å². The van der Waals surface area contributed by atoms with Crippen LogP contribution in [0.15, 0.2) is 53.4 Å². The molecule has 2 aromatic rings. The first-order chi connectivity index (χ1) is 14.9. The highest BCUT2D eigenvalue weighted by atomic mass is 32.2. The van der Waals surface area contributed by atoms with Crippen LogP contribution in [0, 0.1) is 11.7 Å². The van der Waals surface area contributed by atoms with Crippen molar-refractivity contribution in [3.05, 3.63) is 54.3 Å². The lowest BCUT2D eigenvalue weighted by atomic mass is 9.97. The molecule has 0 spiro atoms. The summed E-state index contributed by atoms with van der Waals surface area (Å²) in [6, 6.07) is 11.8. The average molecular weight is 450 g/mol. The van der Waals surface area contributed by atoms with Gasteiger partial charge in [-0.25, -0.2) is 22.3 Å². The van der Waals surface area contributed by atoms with Crippen molar-refractivity contribution in [2.24, 2.45) is 5.92 Å². The molecule has 168 valence electrons. The first kappa shape index (κ1) is 23.0. The predicted octanol–water partition coefficient (Wildman–Crippen LogP) is 3.84. The summed E-state index contributed by atoms with van der Waals surface area (Å²) in [6.45, 7) is 3.98. The Hall–Kier alpha value is -2.65. The first-order valence-electron chi connectivity index (χ1n) is 10.4. The molecule has 0 unspecified atom stereocenters. The molecular formula is C22H28FN3O4S. The van der Waals surface area contributed by atoms with E-state index in [0.29, 0.717) is 50.5 Å². The Labute approximate surface area is 182 Å². The number of urea groups is 1. The number of anilines is 1. The van der Waals surface area contributed by atoms with Crippen molar-refractivity contribution in [3.8, 4) is 5.75 Å². The van der Waals surface area contributed by atoms with E-state index in [4.69, 9.17) is 4.74 Å². The average Bonchev–Trinajstić information content (AvgIpc) is 2.78. The summed E-state index contributed by atoms with van der Waals surface area (Å²) in [7, 11) is -3.60. The zero-order valence-electron chi connectivity index (χ0n) is 17.5. The molecule has 2 aromatic carbocycles. The largest absolute Gasteiger partial charge is 0.494 e. The lowest BCUT2D eigenvalue weighted by Crippen LogP contribution is -2.43. The Bertz CT molecular complexity index is 957. The number of carbonyl (C=O) groups excluding carboxylic acids is 1. The van der Waals surface area contributed by atoms with Crippen molar-refractivity contribution in [2.45, 2.75) is 31.1 Å². The van der Waals surface area contributed by atoms with Gasteiger partial charge in [0.2, 0.25) is 10.0 Å². The van der Waals surface area contributed by atoms with Gasteiger partial charge in [0.15, 0.2) is 0 Å². The molecule has 1 saturated heterocycles. The van der Waals surface area contributed by atoms with E-state index in [2.05, 4.69) is 10.0 Å². The molecule has 1 fully saturated rings. The number of benzene rings is 2. The smallest absolute Gasteiger partial charge is 0.321 e. The third kappa shape index (κ3) is 6.67. The number of ether oxygens (including phenoxy) is 1. The van der Waals surface area contributed by atoms with E-state index in [1.54, 1.807) is 17.0 Å². The van der Waals surface area contributed by atoms with Crippen molar-refractivity contribution in [3.63, 3.8) is 0 Å². The number of piperidine rings is 1. The van der Waals surface area contributed by atoms with Gasteiger partial charge in [0.1, 0.15) is 11.6 Å². The zero-order chi connectivity index (χ0) is 22.3. The maximum atomic E-state index is 13.0. The molecule has 1 heterocycles. The molecule has 7 nitrogen and oxygen atoms in total. The Morgan fingerprint density at radius 3 is 2.35 bits per heavy atom. The molecule has 2 amide bonds. The fourth-order valence-corrected chi connectivity index (χ4v) is 4.44. The molecule has 9 heteroatoms. The third-order valence-corrected chi connectivity index (χ3v) is 6.61. The van der Waals surface area contributed by atoms with Gasteiger partial charge in [0.25, 0.3) is 0 Å². The molecule has 0 saturated carbocycles. The lowest BCUT2D eigenvalue weighted by molar-refractivity contribution is 0.183. The minimum absolute atomic E-state index is 0.150. The van der Waals surface area contributed by atoms with Crippen LogP contribution in [0.25, 0.3) is 0 Å². The van der Waals surface area contributed by atoms with Gasteiger partial charge in [0, 0.05) is 25.3 Å². The quantitative estimate of drug-likeness (QED) is 0.641. The van der Waals surface area contributed by atoms with Crippen molar-refractivity contribution in [2.75, 3.05) is 31.6 Å². The van der Waals surface area contributed by atoms with E-state index in [9.17, 15) is 17.6 Å². The van der Waals surface area contributed by atoms with Gasteiger partial charge in [-0.05, 0) is 73.7 Å². The Kier molecular flexibility index (Phi) is 7.86. The Balaban J connectivity index is 1.44. The van der Waals surface area contributed by atoms with E-state index >= 15 is 0 Å². The molecule has 1 aliphatic heterocycles. The highest BCUT2D eigenvalue weighted by molar-refractivity contribution is 7.89. The van der Waals surface area contributed by atoms with Gasteiger partial charge in [-0.1, -0.05) is 6.92 Å². The Morgan fingerprint density at radius 2 is 1.74 bits per heavy atom. The van der Waals surface area contributed by atoms with Crippen molar-refractivity contribution in [1.29, 1.82) is 0 Å². The number of carbonyl (C=O) groups is 1. The van der Waals surface area contributed by atoms with E-state index in [1.807, 2.05) is 6.92 Å². The number of nitrogens with zero attached hydrogens (tertiary/aromatic N) is 1. The van der Waals surface area contributed by atoms with Crippen molar-refractivity contribution in [1.82, 2.24) is 9.62 Å². The van der Waals surface area contributed by atoms with Crippen LogP contribution >= 0.6 is 0 Å². The van der Waals surface area contributed by atoms with Gasteiger partial charge >= 0.3 is 6.03 Å². The van der Waals surface area contributed by atoms with Crippen molar-refractivity contribution >= 4 is 21.7 Å². The lowest BCUT2D eigenvalue weighted by Gasteiger charge is -2.32. The minimum Gasteiger partial charge on any atom is -0.494 e. The molecule has 0 aliphatic carbocycles. The second kappa shape index (κ2) is 10.6. The number of hydrogen-bond acceptors (Lipinski definition) is 4. The fraction of sp³-hybridized carbons (Fsp3) is 0.409. The van der Waals surface area contributed by atoms with Crippen LogP contribution in [0.5, 0.6) is 5.75 Å². The van der Waals surface area contributed by atoms with Gasteiger partial charge in [-0.2, -0.15) is 0 Å². The maximum absolute atomic E-state index is 13.0. The van der Waals surface area contributed by atoms with Gasteiger partial charge in [0.05, 0.1) is 11.5 Å². The molecular weight excluding hydrogens is 421 g/mol. The standard InChI is InChI=1S/C22H28FN3O4S/c1-2-15-30-20-7-9-21(10-8-20)31(28,29)24-16-17-11-13-26(14-12-17)22(27)25-19-5-3-18(23)4-6-19/h3-10,17,24H,2,11-16H2,1H3,(H,25,27). The van der Waals surface area contributed by atoms with E-state index in [-0.39, 0.29) is 22.7 Å². The van der Waals surface area contributed by atoms with Crippen molar-refractivity contribution < 1.29 is 22.3 Å². The molecule has 31 heavy (non-hydrogen) atoms. The number of nitrogens with one attached hydrogen (secondary N) is 2. The second-order valence-corrected chi connectivity index (χ2v) is 9.31. The molecule has 0 aromatic heterocycles. The van der Waals surface area contributed by atoms with Crippen LogP contribution in [-0.2, 0) is 10.0 Å². The van der Waals surface area contributed by atoms with Crippen LogP contribution in [-0.4, -0.2) is 45.6 Å². The monoisotopic (exact) mass is 449 g/mol. The summed E-state index contributed by atoms with van der Waals surface area (Å²) in [4.78, 5) is 14.2. The number of halogens is 1. The van der Waals surface area contributed by atoms with Gasteiger partial charge in [-0.3, -0.25) is 0 Å². The number of amides is 2. The summed E-state index contributed by atoms with van der Waals surface area (Å²) in [5.41, 5.74) is 0.535. The molecule has 0 atom stereocenters. The first-order valence-corrected chi connectivity index (χ1v) is 11.9. The van der Waals surface area contributed by atoms with E-state index < -0.39 is 10.0 Å². The molecule has 0 radical (unpaired) electrons. The summed E-state index contributed by atoms with van der Waals surface area (Å²) in [5.74, 6) is 0.436. The molecule has 1 aliphatic rings. The third-order valence-electron chi connectivity index (χ3n) is 5.17. The van der Waals surface area contributed by atoms with E-state index in [0.717, 1.165) is 6.42 Å². The minimum atomic E-state index is -3.60.